The topological polar surface area (TPSA) is 162 Å². The second kappa shape index (κ2) is 6.20. The molecule has 12 nitrogen and oxygen atoms in total. The third-order valence-corrected chi connectivity index (χ3v) is 5.66. The summed E-state index contributed by atoms with van der Waals surface area (Å²) in [4.78, 5) is 90.0. The van der Waals surface area contributed by atoms with E-state index < -0.39 is 58.8 Å². The van der Waals surface area contributed by atoms with Gasteiger partial charge < -0.3 is 5.32 Å². The number of rotatable bonds is 2. The maximum absolute atomic E-state index is 13.3. The van der Waals surface area contributed by atoms with Gasteiger partial charge in [-0.3, -0.25) is 44.4 Å². The second-order valence-corrected chi connectivity index (χ2v) is 7.12. The standard InChI is InChI=1S/C18H15N5O7/c1-22-13(26)9(11(24)20-16(22)29)18(7-5-3-4-6-8(7)19-15(18)28)10-12(25)21-17(30)23(2)14(10)27/h3-6,9-10H,1-2H3,(H,19,28)(H,20,24,29)(H,21,25,30). The second-order valence-electron chi connectivity index (χ2n) is 7.12. The number of anilines is 1. The van der Waals surface area contributed by atoms with Crippen LogP contribution in [0.1, 0.15) is 5.56 Å². The highest BCUT2D eigenvalue weighted by Crippen LogP contribution is 2.50. The van der Waals surface area contributed by atoms with Gasteiger partial charge in [0.15, 0.2) is 0 Å². The number of nitrogens with one attached hydrogen (secondary N) is 3. The molecule has 0 spiro atoms. The Balaban J connectivity index is 2.02. The van der Waals surface area contributed by atoms with Crippen LogP contribution in [-0.2, 0) is 29.4 Å². The van der Waals surface area contributed by atoms with Gasteiger partial charge in [-0.2, -0.15) is 0 Å². The minimum absolute atomic E-state index is 0.0579. The first kappa shape index (κ1) is 19.2. The summed E-state index contributed by atoms with van der Waals surface area (Å²) in [7, 11) is 2.20. The SMILES string of the molecule is CN1C(=O)NC(=O)C(C2(C3C(=O)NC(=O)N(C)C3=O)C(=O)Nc3ccccc32)C1=O. The molecule has 0 aliphatic carbocycles. The van der Waals surface area contributed by atoms with E-state index in [-0.39, 0.29) is 11.3 Å². The fraction of sp³-hybridized carbons (Fsp3) is 0.278. The fourth-order valence-corrected chi connectivity index (χ4v) is 4.18. The maximum Gasteiger partial charge on any atom is 0.330 e. The number of nitrogens with zero attached hydrogens (tertiary/aromatic N) is 2. The van der Waals surface area contributed by atoms with Gasteiger partial charge in [0, 0.05) is 19.8 Å². The third-order valence-electron chi connectivity index (χ3n) is 5.66. The molecule has 9 amide bonds. The summed E-state index contributed by atoms with van der Waals surface area (Å²) in [6, 6.07) is 3.96. The summed E-state index contributed by atoms with van der Waals surface area (Å²) in [5.74, 6) is -9.15. The Kier molecular flexibility index (Phi) is 3.98. The summed E-state index contributed by atoms with van der Waals surface area (Å²) in [6.45, 7) is 0. The molecule has 3 N–H and O–H groups in total. The van der Waals surface area contributed by atoms with Crippen molar-refractivity contribution in [1.29, 1.82) is 0 Å². The van der Waals surface area contributed by atoms with Crippen LogP contribution in [0.5, 0.6) is 0 Å². The number of hydrogen-bond donors (Lipinski definition) is 3. The number of para-hydroxylation sites is 1. The molecule has 0 aromatic heterocycles. The quantitative estimate of drug-likeness (QED) is 0.498. The zero-order valence-electron chi connectivity index (χ0n) is 15.7. The molecule has 3 aliphatic rings. The Hall–Kier alpha value is -4.09. The minimum Gasteiger partial charge on any atom is -0.325 e. The molecular weight excluding hydrogens is 398 g/mol. The Bertz CT molecular complexity index is 1030. The highest BCUT2D eigenvalue weighted by molar-refractivity contribution is 6.27. The zero-order chi connectivity index (χ0) is 22.0. The summed E-state index contributed by atoms with van der Waals surface area (Å²) in [6.07, 6.45) is 0. The highest BCUT2D eigenvalue weighted by Gasteiger charge is 2.69. The molecule has 12 heteroatoms. The molecule has 4 rings (SSSR count). The van der Waals surface area contributed by atoms with Crippen LogP contribution >= 0.6 is 0 Å². The molecule has 2 atom stereocenters. The third kappa shape index (κ3) is 2.24. The van der Waals surface area contributed by atoms with Crippen LogP contribution in [0, 0.1) is 11.8 Å². The van der Waals surface area contributed by atoms with E-state index in [4.69, 9.17) is 0 Å². The molecule has 0 saturated carbocycles. The van der Waals surface area contributed by atoms with Crippen molar-refractivity contribution in [2.24, 2.45) is 11.8 Å². The van der Waals surface area contributed by atoms with Gasteiger partial charge in [-0.1, -0.05) is 18.2 Å². The van der Waals surface area contributed by atoms with Crippen LogP contribution in [-0.4, -0.2) is 65.5 Å². The van der Waals surface area contributed by atoms with Crippen LogP contribution in [0.4, 0.5) is 15.3 Å². The molecule has 0 radical (unpaired) electrons. The van der Waals surface area contributed by atoms with Crippen LogP contribution in [0.25, 0.3) is 0 Å². The van der Waals surface area contributed by atoms with Crippen LogP contribution in [0.3, 0.4) is 0 Å². The average Bonchev–Trinajstić information content (AvgIpc) is 2.97. The molecule has 2 fully saturated rings. The van der Waals surface area contributed by atoms with E-state index >= 15 is 0 Å². The maximum atomic E-state index is 13.3. The summed E-state index contributed by atoms with van der Waals surface area (Å²) in [5.41, 5.74) is -2.06. The smallest absolute Gasteiger partial charge is 0.325 e. The molecule has 30 heavy (non-hydrogen) atoms. The predicted octanol–water partition coefficient (Wildman–Crippen LogP) is -1.47. The van der Waals surface area contributed by atoms with E-state index in [1.54, 1.807) is 6.07 Å². The van der Waals surface area contributed by atoms with Gasteiger partial charge in [0.05, 0.1) is 0 Å². The van der Waals surface area contributed by atoms with Crippen molar-refractivity contribution in [2.75, 3.05) is 19.4 Å². The summed E-state index contributed by atoms with van der Waals surface area (Å²) < 4.78 is 0. The van der Waals surface area contributed by atoms with E-state index in [0.717, 1.165) is 14.1 Å². The van der Waals surface area contributed by atoms with E-state index in [1.807, 2.05) is 10.6 Å². The van der Waals surface area contributed by atoms with Crippen molar-refractivity contribution in [1.82, 2.24) is 20.4 Å². The first-order chi connectivity index (χ1) is 14.1. The van der Waals surface area contributed by atoms with E-state index in [1.165, 1.54) is 18.2 Å². The minimum atomic E-state index is -2.32. The number of barbiturate groups is 2. The molecular formula is C18H15N5O7. The lowest BCUT2D eigenvalue weighted by atomic mass is 9.60. The number of benzene rings is 1. The van der Waals surface area contributed by atoms with E-state index in [0.29, 0.717) is 9.80 Å². The largest absolute Gasteiger partial charge is 0.330 e. The predicted molar refractivity (Wildman–Crippen MR) is 96.3 cm³/mol. The summed E-state index contributed by atoms with van der Waals surface area (Å²) in [5, 5.41) is 6.46. The molecule has 0 bridgehead atoms. The number of carbonyl (C=O) groups excluding carboxylic acids is 7. The molecule has 3 heterocycles. The average molecular weight is 413 g/mol. The summed E-state index contributed by atoms with van der Waals surface area (Å²) >= 11 is 0. The van der Waals surface area contributed by atoms with E-state index in [2.05, 4.69) is 5.32 Å². The van der Waals surface area contributed by atoms with E-state index in [9.17, 15) is 33.6 Å². The van der Waals surface area contributed by atoms with Crippen molar-refractivity contribution in [2.45, 2.75) is 5.41 Å². The van der Waals surface area contributed by atoms with Crippen molar-refractivity contribution in [3.63, 3.8) is 0 Å². The molecule has 154 valence electrons. The van der Waals surface area contributed by atoms with Gasteiger partial charge in [-0.05, 0) is 11.6 Å². The van der Waals surface area contributed by atoms with Crippen molar-refractivity contribution >= 4 is 47.3 Å². The Morgan fingerprint density at radius 3 is 1.70 bits per heavy atom. The first-order valence-electron chi connectivity index (χ1n) is 8.78. The fourth-order valence-electron chi connectivity index (χ4n) is 4.18. The Morgan fingerprint density at radius 2 is 1.20 bits per heavy atom. The molecule has 3 aliphatic heterocycles. The number of urea groups is 2. The number of hydrogen-bond acceptors (Lipinski definition) is 7. The monoisotopic (exact) mass is 413 g/mol. The van der Waals surface area contributed by atoms with Crippen LogP contribution < -0.4 is 16.0 Å². The van der Waals surface area contributed by atoms with Crippen LogP contribution in [0.2, 0.25) is 0 Å². The van der Waals surface area contributed by atoms with Crippen molar-refractivity contribution in [3.8, 4) is 0 Å². The van der Waals surface area contributed by atoms with Gasteiger partial charge in [0.1, 0.15) is 17.3 Å². The first-order valence-corrected chi connectivity index (χ1v) is 8.78. The lowest BCUT2D eigenvalue weighted by Gasteiger charge is -2.43. The molecule has 1 aromatic rings. The van der Waals surface area contributed by atoms with Crippen molar-refractivity contribution < 1.29 is 33.6 Å². The van der Waals surface area contributed by atoms with Gasteiger partial charge in [-0.15, -0.1) is 0 Å². The normalized spacial score (nSPS) is 28.9. The Morgan fingerprint density at radius 1 is 0.733 bits per heavy atom. The van der Waals surface area contributed by atoms with Gasteiger partial charge >= 0.3 is 12.1 Å². The lowest BCUT2D eigenvalue weighted by Crippen LogP contribution is -2.70. The van der Waals surface area contributed by atoms with Gasteiger partial charge in [-0.25, -0.2) is 9.59 Å². The molecule has 2 saturated heterocycles. The van der Waals surface area contributed by atoms with Gasteiger partial charge in [0.25, 0.3) is 0 Å². The number of fused-ring (bicyclic) bond motifs is 1. The number of carbonyl (C=O) groups is 7. The number of imide groups is 4. The number of amides is 9. The Labute approximate surface area is 168 Å². The lowest BCUT2D eigenvalue weighted by molar-refractivity contribution is -0.157. The van der Waals surface area contributed by atoms with Gasteiger partial charge in [0.2, 0.25) is 29.5 Å². The van der Waals surface area contributed by atoms with Crippen LogP contribution in [0.15, 0.2) is 24.3 Å². The highest BCUT2D eigenvalue weighted by atomic mass is 16.2. The van der Waals surface area contributed by atoms with Crippen molar-refractivity contribution in [3.05, 3.63) is 29.8 Å². The zero-order valence-corrected chi connectivity index (χ0v) is 15.7. The molecule has 2 unspecified atom stereocenters. The molecule has 1 aromatic carbocycles.